The smallest absolute Gasteiger partial charge is 0.205 e. The normalized spacial score (nSPS) is 10.7. The molecule has 3 rings (SSSR count). The Kier molecular flexibility index (Phi) is 3.47. The van der Waals surface area contributed by atoms with Gasteiger partial charge < -0.3 is 5.32 Å². The second-order valence-corrected chi connectivity index (χ2v) is 5.68. The molecule has 1 aromatic carbocycles. The maximum atomic E-state index is 4.54. The maximum Gasteiger partial charge on any atom is 0.205 e. The molecule has 3 aromatic rings. The van der Waals surface area contributed by atoms with E-state index < -0.39 is 0 Å². The van der Waals surface area contributed by atoms with Gasteiger partial charge in [-0.1, -0.05) is 29.5 Å². The van der Waals surface area contributed by atoms with Crippen LogP contribution in [-0.4, -0.2) is 20.0 Å². The van der Waals surface area contributed by atoms with Crippen LogP contribution in [0.5, 0.6) is 0 Å². The molecule has 0 bridgehead atoms. The first-order valence-electron chi connectivity index (χ1n) is 6.37. The molecule has 0 amide bonds. The summed E-state index contributed by atoms with van der Waals surface area (Å²) in [4.78, 5) is 0. The number of aromatic nitrogens is 4. The number of benzene rings is 1. The van der Waals surface area contributed by atoms with Gasteiger partial charge in [-0.2, -0.15) is 5.10 Å². The Labute approximate surface area is 121 Å². The lowest BCUT2D eigenvalue weighted by molar-refractivity contribution is 0.863. The van der Waals surface area contributed by atoms with E-state index in [1.54, 1.807) is 11.3 Å². The fourth-order valence-electron chi connectivity index (χ4n) is 1.92. The molecule has 0 spiro atoms. The van der Waals surface area contributed by atoms with Crippen molar-refractivity contribution in [3.05, 3.63) is 52.8 Å². The van der Waals surface area contributed by atoms with E-state index in [4.69, 9.17) is 0 Å². The summed E-state index contributed by atoms with van der Waals surface area (Å²) in [6.07, 6.45) is 2.05. The molecule has 0 radical (unpaired) electrons. The van der Waals surface area contributed by atoms with Crippen molar-refractivity contribution in [1.29, 1.82) is 0 Å². The van der Waals surface area contributed by atoms with E-state index >= 15 is 0 Å². The third-order valence-corrected chi connectivity index (χ3v) is 3.77. The topological polar surface area (TPSA) is 55.6 Å². The number of para-hydroxylation sites is 1. The van der Waals surface area contributed by atoms with Gasteiger partial charge >= 0.3 is 0 Å². The number of nitrogens with one attached hydrogen (secondary N) is 1. The van der Waals surface area contributed by atoms with Crippen LogP contribution in [0, 0.1) is 13.8 Å². The summed E-state index contributed by atoms with van der Waals surface area (Å²) in [5.74, 6) is 0. The Hall–Kier alpha value is -2.21. The van der Waals surface area contributed by atoms with Crippen LogP contribution in [0.2, 0.25) is 0 Å². The minimum Gasteiger partial charge on any atom is -0.356 e. The van der Waals surface area contributed by atoms with Crippen LogP contribution in [0.3, 0.4) is 0 Å². The van der Waals surface area contributed by atoms with Gasteiger partial charge in [0, 0.05) is 18.3 Å². The molecule has 0 aliphatic rings. The molecule has 0 aliphatic heterocycles. The Morgan fingerprint density at radius 3 is 2.65 bits per heavy atom. The predicted octanol–water partition coefficient (Wildman–Crippen LogP) is 2.95. The number of anilines is 1. The van der Waals surface area contributed by atoms with Gasteiger partial charge in [0.25, 0.3) is 0 Å². The molecule has 20 heavy (non-hydrogen) atoms. The minimum absolute atomic E-state index is 0.702. The quantitative estimate of drug-likeness (QED) is 0.800. The third kappa shape index (κ3) is 2.70. The van der Waals surface area contributed by atoms with Crippen molar-refractivity contribution in [3.8, 4) is 5.69 Å². The number of nitrogens with zero attached hydrogens (tertiary/aromatic N) is 4. The van der Waals surface area contributed by atoms with Gasteiger partial charge in [0.15, 0.2) is 0 Å². The average Bonchev–Trinajstić information content (AvgIpc) is 3.04. The van der Waals surface area contributed by atoms with Gasteiger partial charge in [-0.25, -0.2) is 4.68 Å². The van der Waals surface area contributed by atoms with Crippen molar-refractivity contribution in [3.63, 3.8) is 0 Å². The van der Waals surface area contributed by atoms with E-state index in [1.165, 1.54) is 0 Å². The molecule has 0 atom stereocenters. The summed E-state index contributed by atoms with van der Waals surface area (Å²) in [5, 5.41) is 17.7. The summed E-state index contributed by atoms with van der Waals surface area (Å²) in [5.41, 5.74) is 3.23. The highest BCUT2D eigenvalue weighted by atomic mass is 32.1. The van der Waals surface area contributed by atoms with Crippen LogP contribution in [0.15, 0.2) is 36.5 Å². The molecule has 2 aromatic heterocycles. The Morgan fingerprint density at radius 2 is 1.95 bits per heavy atom. The van der Waals surface area contributed by atoms with Gasteiger partial charge in [-0.05, 0) is 26.0 Å². The fourth-order valence-corrected chi connectivity index (χ4v) is 2.51. The summed E-state index contributed by atoms with van der Waals surface area (Å²) >= 11 is 1.56. The number of aryl methyl sites for hydroxylation is 2. The zero-order chi connectivity index (χ0) is 13.9. The monoisotopic (exact) mass is 285 g/mol. The first kappa shape index (κ1) is 12.8. The average molecular weight is 285 g/mol. The van der Waals surface area contributed by atoms with Crippen LogP contribution in [0.4, 0.5) is 5.13 Å². The van der Waals surface area contributed by atoms with Crippen molar-refractivity contribution >= 4 is 16.5 Å². The molecule has 0 aliphatic carbocycles. The van der Waals surface area contributed by atoms with Crippen LogP contribution in [0.25, 0.3) is 5.69 Å². The van der Waals surface area contributed by atoms with Crippen LogP contribution >= 0.6 is 11.3 Å². The summed E-state index contributed by atoms with van der Waals surface area (Å²) in [6.45, 7) is 4.66. The highest BCUT2D eigenvalue weighted by molar-refractivity contribution is 7.15. The molecule has 6 heteroatoms. The van der Waals surface area contributed by atoms with E-state index in [0.717, 1.165) is 27.1 Å². The van der Waals surface area contributed by atoms with Gasteiger partial charge in [0.1, 0.15) is 5.01 Å². The largest absolute Gasteiger partial charge is 0.356 e. The highest BCUT2D eigenvalue weighted by Crippen LogP contribution is 2.17. The van der Waals surface area contributed by atoms with E-state index in [9.17, 15) is 0 Å². The molecule has 0 unspecified atom stereocenters. The fraction of sp³-hybridized carbons (Fsp3) is 0.214. The molecule has 0 fully saturated rings. The maximum absolute atomic E-state index is 4.54. The minimum atomic E-state index is 0.702. The van der Waals surface area contributed by atoms with E-state index in [-0.39, 0.29) is 0 Å². The second-order valence-electron chi connectivity index (χ2n) is 4.50. The van der Waals surface area contributed by atoms with E-state index in [2.05, 4.69) is 20.6 Å². The summed E-state index contributed by atoms with van der Waals surface area (Å²) < 4.78 is 1.90. The lowest BCUT2D eigenvalue weighted by Crippen LogP contribution is -1.99. The second kappa shape index (κ2) is 5.42. The Bertz CT molecular complexity index is 701. The zero-order valence-electron chi connectivity index (χ0n) is 11.4. The van der Waals surface area contributed by atoms with Crippen molar-refractivity contribution in [2.24, 2.45) is 0 Å². The molecular weight excluding hydrogens is 270 g/mol. The van der Waals surface area contributed by atoms with Crippen molar-refractivity contribution < 1.29 is 0 Å². The lowest BCUT2D eigenvalue weighted by Gasteiger charge is -2.00. The van der Waals surface area contributed by atoms with Gasteiger partial charge in [-0.15, -0.1) is 10.2 Å². The van der Waals surface area contributed by atoms with E-state index in [0.29, 0.717) is 6.54 Å². The first-order valence-corrected chi connectivity index (χ1v) is 7.18. The molecular formula is C14H15N5S. The first-order chi connectivity index (χ1) is 9.72. The van der Waals surface area contributed by atoms with E-state index in [1.807, 2.05) is 55.1 Å². The lowest BCUT2D eigenvalue weighted by atomic mass is 10.2. The number of hydrogen-bond donors (Lipinski definition) is 1. The summed E-state index contributed by atoms with van der Waals surface area (Å²) in [6, 6.07) is 10.1. The van der Waals surface area contributed by atoms with Crippen molar-refractivity contribution in [1.82, 2.24) is 20.0 Å². The zero-order valence-corrected chi connectivity index (χ0v) is 12.2. The number of rotatable bonds is 4. The van der Waals surface area contributed by atoms with Crippen molar-refractivity contribution in [2.75, 3.05) is 5.32 Å². The van der Waals surface area contributed by atoms with Gasteiger partial charge in [-0.3, -0.25) is 0 Å². The van der Waals surface area contributed by atoms with Gasteiger partial charge in [0.2, 0.25) is 5.13 Å². The predicted molar refractivity (Wildman–Crippen MR) is 80.3 cm³/mol. The molecule has 5 nitrogen and oxygen atoms in total. The molecule has 1 N–H and O–H groups in total. The molecule has 0 saturated carbocycles. The SMILES string of the molecule is Cc1nnc(NCc2cn(-c3ccccc3)nc2C)s1. The van der Waals surface area contributed by atoms with Crippen LogP contribution in [-0.2, 0) is 6.54 Å². The van der Waals surface area contributed by atoms with Crippen LogP contribution < -0.4 is 5.32 Å². The summed E-state index contributed by atoms with van der Waals surface area (Å²) in [7, 11) is 0. The molecule has 102 valence electrons. The third-order valence-electron chi connectivity index (χ3n) is 2.98. The molecule has 0 saturated heterocycles. The molecule has 2 heterocycles. The Morgan fingerprint density at radius 1 is 1.15 bits per heavy atom. The van der Waals surface area contributed by atoms with Gasteiger partial charge in [0.05, 0.1) is 11.4 Å². The van der Waals surface area contributed by atoms with Crippen molar-refractivity contribution in [2.45, 2.75) is 20.4 Å². The Balaban J connectivity index is 1.76. The van der Waals surface area contributed by atoms with Crippen LogP contribution in [0.1, 0.15) is 16.3 Å². The standard InChI is InChI=1S/C14H15N5S/c1-10-12(8-15-14-17-16-11(2)20-14)9-19(18-10)13-6-4-3-5-7-13/h3-7,9H,8H2,1-2H3,(H,15,17). The number of hydrogen-bond acceptors (Lipinski definition) is 5. The highest BCUT2D eigenvalue weighted by Gasteiger charge is 2.07.